The van der Waals surface area contributed by atoms with Crippen LogP contribution in [-0.4, -0.2) is 21.2 Å². The van der Waals surface area contributed by atoms with Gasteiger partial charge in [-0.15, -0.1) is 0 Å². The lowest BCUT2D eigenvalue weighted by atomic mass is 10.2. The van der Waals surface area contributed by atoms with Crippen molar-refractivity contribution in [1.82, 2.24) is 0 Å². The highest BCUT2D eigenvalue weighted by atomic mass is 32.2. The average Bonchev–Trinajstić information content (AvgIpc) is 2.32. The van der Waals surface area contributed by atoms with Gasteiger partial charge >= 0.3 is 6.18 Å². The maximum absolute atomic E-state index is 12.9. The molecule has 0 aliphatic heterocycles. The number of nitrogens with zero attached hydrogens (tertiary/aromatic N) is 1. The summed E-state index contributed by atoms with van der Waals surface area (Å²) in [5.41, 5.74) is -0.527. The average molecular weight is 303 g/mol. The minimum atomic E-state index is -4.63. The fourth-order valence-corrected chi connectivity index (χ4v) is 1.76. The van der Waals surface area contributed by atoms with Gasteiger partial charge in [-0.05, 0) is 32.4 Å². The largest absolute Gasteiger partial charge is 0.591 e. The molecule has 1 aromatic carbocycles. The second-order valence-electron chi connectivity index (χ2n) is 5.08. The fourth-order valence-electron chi connectivity index (χ4n) is 1.14. The monoisotopic (exact) mass is 303 g/mol. The molecular formula is C14H16F3NOS. The van der Waals surface area contributed by atoms with Crippen molar-refractivity contribution in [1.29, 1.82) is 0 Å². The molecule has 0 heterocycles. The molecule has 0 fully saturated rings. The highest BCUT2D eigenvalue weighted by Crippen LogP contribution is 2.24. The van der Waals surface area contributed by atoms with Crippen LogP contribution in [0.3, 0.4) is 0 Å². The lowest BCUT2D eigenvalue weighted by Crippen LogP contribution is -2.30. The van der Waals surface area contributed by atoms with Crippen LogP contribution in [0.1, 0.15) is 26.3 Å². The van der Waals surface area contributed by atoms with Crippen molar-refractivity contribution in [3.8, 4) is 0 Å². The van der Waals surface area contributed by atoms with Crippen molar-refractivity contribution >= 4 is 23.1 Å². The van der Waals surface area contributed by atoms with E-state index in [1.807, 2.05) is 0 Å². The van der Waals surface area contributed by atoms with Crippen molar-refractivity contribution in [2.45, 2.75) is 31.7 Å². The predicted molar refractivity (Wildman–Crippen MR) is 76.9 cm³/mol. The summed E-state index contributed by atoms with van der Waals surface area (Å²) < 4.78 is 52.8. The van der Waals surface area contributed by atoms with Gasteiger partial charge in [0.1, 0.15) is 16.1 Å². The van der Waals surface area contributed by atoms with E-state index in [0.29, 0.717) is 5.56 Å². The van der Waals surface area contributed by atoms with Gasteiger partial charge in [-0.3, -0.25) is 0 Å². The van der Waals surface area contributed by atoms with E-state index in [2.05, 4.69) is 4.40 Å². The SMILES string of the molecule is CC(C)(C)[S+]([O-])N=C(/C=C\c1ccccc1)C(F)(F)F. The summed E-state index contributed by atoms with van der Waals surface area (Å²) in [6.07, 6.45) is -2.49. The zero-order valence-corrected chi connectivity index (χ0v) is 12.3. The maximum atomic E-state index is 12.9. The molecular weight excluding hydrogens is 287 g/mol. The standard InChI is InChI=1S/C14H16F3NOS/c1-13(2,3)20(19)18-12(14(15,16)17)10-9-11-7-5-4-6-8-11/h4-10H,1-3H3/b10-9-,18-12?. The lowest BCUT2D eigenvalue weighted by molar-refractivity contribution is -0.0574. The maximum Gasteiger partial charge on any atom is 0.437 e. The molecule has 6 heteroatoms. The van der Waals surface area contributed by atoms with Gasteiger partial charge in [0.25, 0.3) is 0 Å². The molecule has 1 unspecified atom stereocenters. The molecule has 1 atom stereocenters. The van der Waals surface area contributed by atoms with Gasteiger partial charge in [-0.25, -0.2) is 0 Å². The Labute approximate surface area is 119 Å². The zero-order valence-electron chi connectivity index (χ0n) is 11.4. The summed E-state index contributed by atoms with van der Waals surface area (Å²) in [5, 5.41) is 0. The van der Waals surface area contributed by atoms with Gasteiger partial charge in [0, 0.05) is 0 Å². The van der Waals surface area contributed by atoms with Crippen molar-refractivity contribution in [2.24, 2.45) is 4.40 Å². The van der Waals surface area contributed by atoms with Crippen molar-refractivity contribution < 1.29 is 17.7 Å². The number of hydrogen-bond donors (Lipinski definition) is 0. The number of rotatable bonds is 3. The summed E-state index contributed by atoms with van der Waals surface area (Å²) in [7, 11) is 0. The summed E-state index contributed by atoms with van der Waals surface area (Å²) in [5.74, 6) is 0. The Morgan fingerprint density at radius 1 is 1.15 bits per heavy atom. The molecule has 0 N–H and O–H groups in total. The van der Waals surface area contributed by atoms with E-state index in [1.54, 1.807) is 51.1 Å². The molecule has 0 bridgehead atoms. The van der Waals surface area contributed by atoms with E-state index in [-0.39, 0.29) is 0 Å². The fraction of sp³-hybridized carbons (Fsp3) is 0.357. The Hall–Kier alpha value is -1.27. The number of allylic oxidation sites excluding steroid dienone is 1. The number of benzene rings is 1. The summed E-state index contributed by atoms with van der Waals surface area (Å²) in [4.78, 5) is 0. The molecule has 1 rings (SSSR count). The molecule has 0 saturated carbocycles. The van der Waals surface area contributed by atoms with E-state index in [0.717, 1.165) is 6.08 Å². The minimum Gasteiger partial charge on any atom is -0.591 e. The summed E-state index contributed by atoms with van der Waals surface area (Å²) in [6, 6.07) is 8.55. The lowest BCUT2D eigenvalue weighted by Gasteiger charge is -2.19. The zero-order chi connectivity index (χ0) is 15.4. The van der Waals surface area contributed by atoms with Gasteiger partial charge in [-0.1, -0.05) is 40.8 Å². The van der Waals surface area contributed by atoms with E-state index in [1.165, 1.54) is 6.08 Å². The second-order valence-corrected chi connectivity index (χ2v) is 6.99. The smallest absolute Gasteiger partial charge is 0.437 e. The number of hydrogen-bond acceptors (Lipinski definition) is 2. The Kier molecular flexibility index (Phi) is 5.42. The molecule has 0 aromatic heterocycles. The highest BCUT2D eigenvalue weighted by molar-refractivity contribution is 7.91. The van der Waals surface area contributed by atoms with Crippen LogP contribution in [0.25, 0.3) is 6.08 Å². The van der Waals surface area contributed by atoms with Crippen molar-refractivity contribution in [3.05, 3.63) is 42.0 Å². The molecule has 0 radical (unpaired) electrons. The third-order valence-electron chi connectivity index (χ3n) is 2.23. The van der Waals surface area contributed by atoms with Gasteiger partial charge in [0.15, 0.2) is 5.71 Å². The molecule has 20 heavy (non-hydrogen) atoms. The number of halogens is 3. The van der Waals surface area contributed by atoms with Gasteiger partial charge in [-0.2, -0.15) is 13.2 Å². The first kappa shape index (κ1) is 16.8. The van der Waals surface area contributed by atoms with Crippen LogP contribution >= 0.6 is 0 Å². The Morgan fingerprint density at radius 3 is 2.15 bits per heavy atom. The van der Waals surface area contributed by atoms with Gasteiger partial charge < -0.3 is 4.55 Å². The molecule has 0 amide bonds. The predicted octanol–water partition coefficient (Wildman–Crippen LogP) is 4.17. The van der Waals surface area contributed by atoms with Gasteiger partial charge in [0.05, 0.1) is 0 Å². The van der Waals surface area contributed by atoms with Crippen LogP contribution in [0.15, 0.2) is 40.8 Å². The summed E-state index contributed by atoms with van der Waals surface area (Å²) in [6.45, 7) is 4.71. The van der Waals surface area contributed by atoms with E-state index in [4.69, 9.17) is 0 Å². The summed E-state index contributed by atoms with van der Waals surface area (Å²) >= 11 is -1.96. The Morgan fingerprint density at radius 2 is 1.70 bits per heavy atom. The normalized spacial score (nSPS) is 15.7. The van der Waals surface area contributed by atoms with Crippen LogP contribution in [0.4, 0.5) is 13.2 Å². The molecule has 0 aliphatic rings. The van der Waals surface area contributed by atoms with E-state index >= 15 is 0 Å². The first-order chi connectivity index (χ1) is 9.10. The Bertz CT molecular complexity index is 489. The first-order valence-electron chi connectivity index (χ1n) is 5.92. The van der Waals surface area contributed by atoms with Crippen molar-refractivity contribution in [3.63, 3.8) is 0 Å². The third-order valence-corrected chi connectivity index (χ3v) is 3.64. The van der Waals surface area contributed by atoms with Crippen molar-refractivity contribution in [2.75, 3.05) is 0 Å². The molecule has 2 nitrogen and oxygen atoms in total. The number of alkyl halides is 3. The molecule has 0 aliphatic carbocycles. The second kappa shape index (κ2) is 6.45. The Balaban J connectivity index is 3.04. The highest BCUT2D eigenvalue weighted by Gasteiger charge is 2.38. The first-order valence-corrected chi connectivity index (χ1v) is 7.02. The van der Waals surface area contributed by atoms with Crippen LogP contribution in [0.5, 0.6) is 0 Å². The molecule has 0 spiro atoms. The molecule has 110 valence electrons. The van der Waals surface area contributed by atoms with E-state index in [9.17, 15) is 17.7 Å². The van der Waals surface area contributed by atoms with Crippen LogP contribution in [-0.2, 0) is 11.4 Å². The van der Waals surface area contributed by atoms with E-state index < -0.39 is 28.0 Å². The molecule has 0 saturated heterocycles. The van der Waals surface area contributed by atoms with Gasteiger partial charge in [0.2, 0.25) is 0 Å². The quantitative estimate of drug-likeness (QED) is 0.610. The topological polar surface area (TPSA) is 35.4 Å². The molecule has 1 aromatic rings. The van der Waals surface area contributed by atoms with Crippen LogP contribution < -0.4 is 0 Å². The third kappa shape index (κ3) is 5.38. The van der Waals surface area contributed by atoms with Crippen LogP contribution in [0, 0.1) is 0 Å². The van der Waals surface area contributed by atoms with Crippen LogP contribution in [0.2, 0.25) is 0 Å². The minimum absolute atomic E-state index is 0.617.